The predicted octanol–water partition coefficient (Wildman–Crippen LogP) is 3.34. The van der Waals surface area contributed by atoms with Crippen LogP contribution in [0.4, 0.5) is 11.4 Å². The van der Waals surface area contributed by atoms with Crippen molar-refractivity contribution in [3.63, 3.8) is 0 Å². The molecule has 0 bridgehead atoms. The van der Waals surface area contributed by atoms with Gasteiger partial charge in [-0.15, -0.1) is 0 Å². The summed E-state index contributed by atoms with van der Waals surface area (Å²) in [6.45, 7) is 1.76. The van der Waals surface area contributed by atoms with Crippen LogP contribution in [-0.4, -0.2) is 10.8 Å². The number of nitrogens with one attached hydrogen (secondary N) is 1. The van der Waals surface area contributed by atoms with Crippen molar-refractivity contribution in [1.82, 2.24) is 0 Å². The molecule has 0 aliphatic rings. The Balaban J connectivity index is 2.18. The van der Waals surface area contributed by atoms with Crippen LogP contribution in [0.3, 0.4) is 0 Å². The molecule has 0 aliphatic heterocycles. The summed E-state index contributed by atoms with van der Waals surface area (Å²) in [6.07, 6.45) is 0. The smallest absolute Gasteiger partial charge is 0.292 e. The molecule has 102 valence electrons. The number of anilines is 1. The highest BCUT2D eigenvalue weighted by atomic mass is 16.6. The first-order valence-electron chi connectivity index (χ1n) is 6.19. The van der Waals surface area contributed by atoms with Crippen LogP contribution < -0.4 is 5.32 Å². The third-order valence-corrected chi connectivity index (χ3v) is 3.05. The Morgan fingerprint density at radius 3 is 2.35 bits per heavy atom. The Morgan fingerprint density at radius 2 is 1.70 bits per heavy atom. The van der Waals surface area contributed by atoms with E-state index in [9.17, 15) is 14.9 Å². The lowest BCUT2D eigenvalue weighted by Crippen LogP contribution is -2.19. The number of amides is 1. The van der Waals surface area contributed by atoms with Crippen LogP contribution in [0.5, 0.6) is 0 Å². The van der Waals surface area contributed by atoms with Gasteiger partial charge in [-0.05, 0) is 18.6 Å². The van der Waals surface area contributed by atoms with Crippen LogP contribution in [0.1, 0.15) is 18.4 Å². The molecule has 0 fully saturated rings. The number of benzene rings is 2. The molecule has 5 heteroatoms. The maximum absolute atomic E-state index is 12.2. The molecular weight excluding hydrogens is 256 g/mol. The third kappa shape index (κ3) is 3.00. The number of hydrogen-bond donors (Lipinski definition) is 1. The summed E-state index contributed by atoms with van der Waals surface area (Å²) in [5.74, 6) is -0.651. The van der Waals surface area contributed by atoms with Gasteiger partial charge < -0.3 is 5.32 Å². The predicted molar refractivity (Wildman–Crippen MR) is 76.6 cm³/mol. The van der Waals surface area contributed by atoms with E-state index in [-0.39, 0.29) is 23.2 Å². The van der Waals surface area contributed by atoms with E-state index in [2.05, 4.69) is 5.32 Å². The van der Waals surface area contributed by atoms with Crippen molar-refractivity contribution in [3.05, 3.63) is 70.3 Å². The monoisotopic (exact) mass is 270 g/mol. The van der Waals surface area contributed by atoms with Crippen LogP contribution in [0.15, 0.2) is 54.6 Å². The van der Waals surface area contributed by atoms with Crippen molar-refractivity contribution in [1.29, 1.82) is 0 Å². The molecule has 2 aromatic rings. The number of carbonyl (C=O) groups excluding carboxylic acids is 1. The van der Waals surface area contributed by atoms with Gasteiger partial charge in [-0.25, -0.2) is 0 Å². The zero-order valence-electron chi connectivity index (χ0n) is 10.9. The van der Waals surface area contributed by atoms with Gasteiger partial charge in [0.2, 0.25) is 5.91 Å². The Morgan fingerprint density at radius 1 is 1.10 bits per heavy atom. The van der Waals surface area contributed by atoms with E-state index < -0.39 is 4.92 Å². The van der Waals surface area contributed by atoms with Crippen molar-refractivity contribution >= 4 is 17.3 Å². The summed E-state index contributed by atoms with van der Waals surface area (Å²) >= 11 is 0. The summed E-state index contributed by atoms with van der Waals surface area (Å²) in [5.41, 5.74) is 0.968. The number of rotatable bonds is 4. The number of nitrogens with zero attached hydrogens (tertiary/aromatic N) is 1. The van der Waals surface area contributed by atoms with E-state index in [0.717, 1.165) is 5.56 Å². The molecule has 1 atom stereocenters. The second-order valence-corrected chi connectivity index (χ2v) is 4.40. The van der Waals surface area contributed by atoms with Crippen LogP contribution in [0.25, 0.3) is 0 Å². The molecule has 0 aliphatic carbocycles. The van der Waals surface area contributed by atoms with Gasteiger partial charge in [0, 0.05) is 6.07 Å². The van der Waals surface area contributed by atoms with Gasteiger partial charge in [-0.2, -0.15) is 0 Å². The topological polar surface area (TPSA) is 72.2 Å². The molecule has 0 aromatic heterocycles. The van der Waals surface area contributed by atoms with Crippen molar-refractivity contribution in [2.45, 2.75) is 12.8 Å². The average molecular weight is 270 g/mol. The lowest BCUT2D eigenvalue weighted by molar-refractivity contribution is -0.383. The van der Waals surface area contributed by atoms with Gasteiger partial charge in [0.1, 0.15) is 5.69 Å². The fraction of sp³-hybridized carbons (Fsp3) is 0.133. The molecule has 0 radical (unpaired) electrons. The van der Waals surface area contributed by atoms with Crippen LogP contribution in [0.2, 0.25) is 0 Å². The summed E-state index contributed by atoms with van der Waals surface area (Å²) in [4.78, 5) is 22.5. The van der Waals surface area contributed by atoms with E-state index in [0.29, 0.717) is 0 Å². The molecule has 20 heavy (non-hydrogen) atoms. The summed E-state index contributed by atoms with van der Waals surface area (Å²) in [7, 11) is 0. The minimum absolute atomic E-state index is 0.110. The number of nitro groups is 1. The van der Waals surface area contributed by atoms with E-state index in [4.69, 9.17) is 0 Å². The summed E-state index contributed by atoms with van der Waals surface area (Å²) in [5, 5.41) is 13.5. The highest BCUT2D eigenvalue weighted by molar-refractivity contribution is 5.97. The second kappa shape index (κ2) is 5.97. The molecular formula is C15H14N2O3. The minimum Gasteiger partial charge on any atom is -0.320 e. The molecule has 2 rings (SSSR count). The van der Waals surface area contributed by atoms with Crippen molar-refractivity contribution < 1.29 is 9.72 Å². The summed E-state index contributed by atoms with van der Waals surface area (Å²) < 4.78 is 0. The van der Waals surface area contributed by atoms with Gasteiger partial charge in [0.25, 0.3) is 5.69 Å². The van der Waals surface area contributed by atoms with Crippen molar-refractivity contribution in [2.75, 3.05) is 5.32 Å². The van der Waals surface area contributed by atoms with Gasteiger partial charge in [0.05, 0.1) is 10.8 Å². The number of nitro benzene ring substituents is 1. The standard InChI is InChI=1S/C15H14N2O3/c1-11(12-7-3-2-4-8-12)15(18)16-13-9-5-6-10-14(13)17(19)20/h2-11H,1H3,(H,16,18). The largest absolute Gasteiger partial charge is 0.320 e. The van der Waals surface area contributed by atoms with E-state index >= 15 is 0 Å². The number of carbonyl (C=O) groups is 1. The fourth-order valence-electron chi connectivity index (χ4n) is 1.87. The van der Waals surface area contributed by atoms with Gasteiger partial charge in [0.15, 0.2) is 0 Å². The van der Waals surface area contributed by atoms with Crippen LogP contribution in [-0.2, 0) is 4.79 Å². The Labute approximate surface area is 116 Å². The Kier molecular flexibility index (Phi) is 4.10. The quantitative estimate of drug-likeness (QED) is 0.684. The number of para-hydroxylation sites is 2. The van der Waals surface area contributed by atoms with Crippen molar-refractivity contribution in [3.8, 4) is 0 Å². The fourth-order valence-corrected chi connectivity index (χ4v) is 1.87. The Bertz CT molecular complexity index is 626. The molecule has 5 nitrogen and oxygen atoms in total. The number of hydrogen-bond acceptors (Lipinski definition) is 3. The van der Waals surface area contributed by atoms with Gasteiger partial charge in [-0.1, -0.05) is 42.5 Å². The van der Waals surface area contributed by atoms with E-state index in [1.807, 2.05) is 30.3 Å². The van der Waals surface area contributed by atoms with E-state index in [1.54, 1.807) is 19.1 Å². The molecule has 1 unspecified atom stereocenters. The lowest BCUT2D eigenvalue weighted by atomic mass is 10.0. The molecule has 0 spiro atoms. The highest BCUT2D eigenvalue weighted by Gasteiger charge is 2.19. The maximum atomic E-state index is 12.2. The van der Waals surface area contributed by atoms with Gasteiger partial charge in [-0.3, -0.25) is 14.9 Å². The summed E-state index contributed by atoms with van der Waals surface area (Å²) in [6, 6.07) is 15.4. The third-order valence-electron chi connectivity index (χ3n) is 3.05. The maximum Gasteiger partial charge on any atom is 0.292 e. The molecule has 0 heterocycles. The normalized spacial score (nSPS) is 11.7. The van der Waals surface area contributed by atoms with Crippen LogP contribution in [0, 0.1) is 10.1 Å². The highest BCUT2D eigenvalue weighted by Crippen LogP contribution is 2.25. The molecule has 1 N–H and O–H groups in total. The zero-order valence-corrected chi connectivity index (χ0v) is 10.9. The minimum atomic E-state index is -0.511. The van der Waals surface area contributed by atoms with Crippen molar-refractivity contribution in [2.24, 2.45) is 0 Å². The first-order valence-corrected chi connectivity index (χ1v) is 6.19. The molecule has 1 amide bonds. The van der Waals surface area contributed by atoms with Gasteiger partial charge >= 0.3 is 0 Å². The molecule has 0 saturated carbocycles. The molecule has 2 aromatic carbocycles. The molecule has 0 saturated heterocycles. The lowest BCUT2D eigenvalue weighted by Gasteiger charge is -2.12. The van der Waals surface area contributed by atoms with Crippen LogP contribution >= 0.6 is 0 Å². The SMILES string of the molecule is CC(C(=O)Nc1ccccc1[N+](=O)[O-])c1ccccc1. The zero-order chi connectivity index (χ0) is 14.5. The Hall–Kier alpha value is -2.69. The second-order valence-electron chi connectivity index (χ2n) is 4.40. The van der Waals surface area contributed by atoms with E-state index in [1.165, 1.54) is 12.1 Å². The first kappa shape index (κ1) is 13.7. The average Bonchev–Trinajstić information content (AvgIpc) is 2.47. The first-order chi connectivity index (χ1) is 9.59.